The summed E-state index contributed by atoms with van der Waals surface area (Å²) in [6.45, 7) is 9.01. The minimum absolute atomic E-state index is 0.120. The molecule has 0 aromatic heterocycles. The van der Waals surface area contributed by atoms with Gasteiger partial charge in [0.05, 0.1) is 5.92 Å². The van der Waals surface area contributed by atoms with Crippen LogP contribution in [0.5, 0.6) is 5.75 Å². The lowest BCUT2D eigenvalue weighted by Gasteiger charge is -2.33. The molecule has 0 bridgehead atoms. The number of hydrogen-bond acceptors (Lipinski definition) is 3. The lowest BCUT2D eigenvalue weighted by Crippen LogP contribution is -2.45. The zero-order chi connectivity index (χ0) is 18.7. The van der Waals surface area contributed by atoms with E-state index in [-0.39, 0.29) is 23.8 Å². The van der Waals surface area contributed by atoms with E-state index in [9.17, 15) is 9.59 Å². The van der Waals surface area contributed by atoms with Crippen molar-refractivity contribution in [2.24, 2.45) is 11.8 Å². The van der Waals surface area contributed by atoms with E-state index in [0.717, 1.165) is 25.1 Å². The summed E-state index contributed by atoms with van der Waals surface area (Å²) >= 11 is 0. The molecule has 2 amide bonds. The molecule has 0 saturated carbocycles. The average molecular weight is 358 g/mol. The minimum atomic E-state index is -0.171. The average Bonchev–Trinajstić information content (AvgIpc) is 2.97. The number of carbonyl (C=O) groups excluding carboxylic acids is 2. The Hall–Kier alpha value is -2.04. The van der Waals surface area contributed by atoms with E-state index in [1.807, 2.05) is 34.1 Å². The van der Waals surface area contributed by atoms with E-state index in [1.165, 1.54) is 5.56 Å². The van der Waals surface area contributed by atoms with Crippen molar-refractivity contribution in [3.05, 3.63) is 29.8 Å². The Kier molecular flexibility index (Phi) is 5.84. The number of hydrogen-bond donors (Lipinski definition) is 0. The molecule has 0 unspecified atom stereocenters. The monoisotopic (exact) mass is 358 g/mol. The van der Waals surface area contributed by atoms with Crippen molar-refractivity contribution in [1.29, 1.82) is 0 Å². The van der Waals surface area contributed by atoms with Crippen molar-refractivity contribution < 1.29 is 14.3 Å². The smallest absolute Gasteiger partial charge is 0.227 e. The molecule has 1 aromatic carbocycles. The lowest BCUT2D eigenvalue weighted by atomic mass is 10.0. The SMILES string of the molecule is Cc1ccc(OC2CCN(C(=O)[C@H]3CC(=O)N(CC(C)C)C3)CC2)cc1. The second-order valence-corrected chi connectivity index (χ2v) is 8.05. The van der Waals surface area contributed by atoms with E-state index in [4.69, 9.17) is 4.74 Å². The molecule has 5 nitrogen and oxygen atoms in total. The number of piperidine rings is 1. The number of amides is 2. The van der Waals surface area contributed by atoms with Crippen LogP contribution in [-0.2, 0) is 9.59 Å². The Bertz CT molecular complexity index is 633. The molecular weight excluding hydrogens is 328 g/mol. The van der Waals surface area contributed by atoms with Crippen LogP contribution >= 0.6 is 0 Å². The summed E-state index contributed by atoms with van der Waals surface area (Å²) in [5.41, 5.74) is 1.22. The van der Waals surface area contributed by atoms with Gasteiger partial charge in [-0.2, -0.15) is 0 Å². The molecule has 142 valence electrons. The van der Waals surface area contributed by atoms with Gasteiger partial charge in [-0.15, -0.1) is 0 Å². The molecule has 2 heterocycles. The van der Waals surface area contributed by atoms with Gasteiger partial charge in [0, 0.05) is 45.4 Å². The van der Waals surface area contributed by atoms with E-state index in [0.29, 0.717) is 32.0 Å². The van der Waals surface area contributed by atoms with Gasteiger partial charge >= 0.3 is 0 Å². The maximum Gasteiger partial charge on any atom is 0.227 e. The van der Waals surface area contributed by atoms with Crippen molar-refractivity contribution in [2.45, 2.75) is 46.1 Å². The maximum atomic E-state index is 12.8. The molecule has 1 aromatic rings. The Morgan fingerprint density at radius 2 is 1.85 bits per heavy atom. The Morgan fingerprint density at radius 1 is 1.19 bits per heavy atom. The van der Waals surface area contributed by atoms with E-state index >= 15 is 0 Å². The highest BCUT2D eigenvalue weighted by Crippen LogP contribution is 2.24. The fraction of sp³-hybridized carbons (Fsp3) is 0.619. The first-order valence-corrected chi connectivity index (χ1v) is 9.72. The fourth-order valence-corrected chi connectivity index (χ4v) is 3.82. The fourth-order valence-electron chi connectivity index (χ4n) is 3.82. The largest absolute Gasteiger partial charge is 0.490 e. The zero-order valence-electron chi connectivity index (χ0n) is 16.1. The number of rotatable bonds is 5. The standard InChI is InChI=1S/C21H30N2O3/c1-15(2)13-23-14-17(12-20(23)24)21(25)22-10-8-19(9-11-22)26-18-6-4-16(3)5-7-18/h4-7,15,17,19H,8-14H2,1-3H3/t17-/m0/s1. The van der Waals surface area contributed by atoms with Crippen LogP contribution in [0.2, 0.25) is 0 Å². The highest BCUT2D eigenvalue weighted by atomic mass is 16.5. The number of ether oxygens (including phenoxy) is 1. The van der Waals surface area contributed by atoms with Crippen LogP contribution in [-0.4, -0.2) is 53.9 Å². The van der Waals surface area contributed by atoms with Crippen molar-refractivity contribution in [3.63, 3.8) is 0 Å². The van der Waals surface area contributed by atoms with Crippen LogP contribution in [0.1, 0.15) is 38.7 Å². The van der Waals surface area contributed by atoms with Gasteiger partial charge in [-0.25, -0.2) is 0 Å². The van der Waals surface area contributed by atoms with Crippen LogP contribution < -0.4 is 4.74 Å². The van der Waals surface area contributed by atoms with E-state index in [2.05, 4.69) is 20.8 Å². The molecule has 0 N–H and O–H groups in total. The summed E-state index contributed by atoms with van der Waals surface area (Å²) in [5, 5.41) is 0. The van der Waals surface area contributed by atoms with Crippen molar-refractivity contribution in [1.82, 2.24) is 9.80 Å². The molecular formula is C21H30N2O3. The third-order valence-electron chi connectivity index (χ3n) is 5.23. The first-order chi connectivity index (χ1) is 12.4. The first kappa shape index (κ1) is 18.7. The first-order valence-electron chi connectivity index (χ1n) is 9.72. The van der Waals surface area contributed by atoms with E-state index < -0.39 is 0 Å². The highest BCUT2D eigenvalue weighted by molar-refractivity contribution is 5.89. The van der Waals surface area contributed by atoms with Crippen LogP contribution in [0, 0.1) is 18.8 Å². The molecule has 2 aliphatic heterocycles. The van der Waals surface area contributed by atoms with Crippen LogP contribution in [0.4, 0.5) is 0 Å². The molecule has 26 heavy (non-hydrogen) atoms. The second-order valence-electron chi connectivity index (χ2n) is 8.05. The van der Waals surface area contributed by atoms with E-state index in [1.54, 1.807) is 0 Å². The van der Waals surface area contributed by atoms with Crippen LogP contribution in [0.3, 0.4) is 0 Å². The number of nitrogens with zero attached hydrogens (tertiary/aromatic N) is 2. The normalized spacial score (nSPS) is 21.5. The number of likely N-dealkylation sites (tertiary alicyclic amines) is 2. The predicted octanol–water partition coefficient (Wildman–Crippen LogP) is 2.87. The molecule has 1 atom stereocenters. The summed E-state index contributed by atoms with van der Waals surface area (Å²) < 4.78 is 6.04. The molecule has 2 saturated heterocycles. The zero-order valence-corrected chi connectivity index (χ0v) is 16.1. The number of aryl methyl sites for hydroxylation is 1. The van der Waals surface area contributed by atoms with Crippen molar-refractivity contribution in [3.8, 4) is 5.75 Å². The summed E-state index contributed by atoms with van der Waals surface area (Å²) in [7, 11) is 0. The summed E-state index contributed by atoms with van der Waals surface area (Å²) in [6, 6.07) is 8.10. The minimum Gasteiger partial charge on any atom is -0.490 e. The molecule has 5 heteroatoms. The predicted molar refractivity (Wildman–Crippen MR) is 101 cm³/mol. The van der Waals surface area contributed by atoms with Gasteiger partial charge < -0.3 is 14.5 Å². The summed E-state index contributed by atoms with van der Waals surface area (Å²) in [5.74, 6) is 1.41. The summed E-state index contributed by atoms with van der Waals surface area (Å²) in [4.78, 5) is 28.7. The van der Waals surface area contributed by atoms with Gasteiger partial charge in [-0.1, -0.05) is 31.5 Å². The van der Waals surface area contributed by atoms with Crippen LogP contribution in [0.15, 0.2) is 24.3 Å². The molecule has 0 spiro atoms. The third kappa shape index (κ3) is 4.57. The second kappa shape index (κ2) is 8.11. The molecule has 0 aliphatic carbocycles. The van der Waals surface area contributed by atoms with Gasteiger partial charge in [0.15, 0.2) is 0 Å². The van der Waals surface area contributed by atoms with Gasteiger partial charge in [0.2, 0.25) is 11.8 Å². The number of benzene rings is 1. The summed E-state index contributed by atoms with van der Waals surface area (Å²) in [6.07, 6.45) is 2.21. The van der Waals surface area contributed by atoms with Gasteiger partial charge in [0.1, 0.15) is 11.9 Å². The Balaban J connectivity index is 1.48. The number of carbonyl (C=O) groups is 2. The van der Waals surface area contributed by atoms with Gasteiger partial charge in [-0.3, -0.25) is 9.59 Å². The lowest BCUT2D eigenvalue weighted by molar-refractivity contribution is -0.137. The van der Waals surface area contributed by atoms with Gasteiger partial charge in [-0.05, 0) is 25.0 Å². The van der Waals surface area contributed by atoms with Gasteiger partial charge in [0.25, 0.3) is 0 Å². The maximum absolute atomic E-state index is 12.8. The Labute approximate surface area is 156 Å². The van der Waals surface area contributed by atoms with Crippen molar-refractivity contribution in [2.75, 3.05) is 26.2 Å². The van der Waals surface area contributed by atoms with Crippen molar-refractivity contribution >= 4 is 11.8 Å². The van der Waals surface area contributed by atoms with Crippen LogP contribution in [0.25, 0.3) is 0 Å². The molecule has 3 rings (SSSR count). The Morgan fingerprint density at radius 3 is 2.46 bits per heavy atom. The third-order valence-corrected chi connectivity index (χ3v) is 5.23. The topological polar surface area (TPSA) is 49.9 Å². The highest BCUT2D eigenvalue weighted by Gasteiger charge is 2.37. The molecule has 2 fully saturated rings. The quantitative estimate of drug-likeness (QED) is 0.813. The molecule has 2 aliphatic rings. The molecule has 0 radical (unpaired) electrons.